The average molecular weight is 250 g/mol. The largest absolute Gasteiger partial charge is 0.456 e. The van der Waals surface area contributed by atoms with E-state index in [2.05, 4.69) is 5.32 Å². The summed E-state index contributed by atoms with van der Waals surface area (Å²) in [5.74, 6) is 1.40. The van der Waals surface area contributed by atoms with Crippen LogP contribution in [0.5, 0.6) is 0 Å². The van der Waals surface area contributed by atoms with Crippen LogP contribution in [0, 0.1) is 6.92 Å². The Morgan fingerprint density at radius 1 is 1.50 bits per heavy atom. The van der Waals surface area contributed by atoms with E-state index in [1.165, 1.54) is 0 Å². The number of hydrogen-bond donors (Lipinski definition) is 1. The van der Waals surface area contributed by atoms with Crippen LogP contribution in [0.1, 0.15) is 41.6 Å². The van der Waals surface area contributed by atoms with E-state index in [1.54, 1.807) is 0 Å². The van der Waals surface area contributed by atoms with Crippen molar-refractivity contribution in [3.63, 3.8) is 0 Å². The van der Waals surface area contributed by atoms with Crippen LogP contribution in [0.2, 0.25) is 0 Å². The summed E-state index contributed by atoms with van der Waals surface area (Å²) in [5, 5.41) is 3.31. The van der Waals surface area contributed by atoms with Gasteiger partial charge in [-0.15, -0.1) is 0 Å². The van der Waals surface area contributed by atoms with Crippen molar-refractivity contribution in [1.82, 2.24) is 10.2 Å². The molecule has 0 unspecified atom stereocenters. The third-order valence-corrected chi connectivity index (χ3v) is 3.73. The highest BCUT2D eigenvalue weighted by atomic mass is 16.4. The van der Waals surface area contributed by atoms with Gasteiger partial charge in [0.2, 0.25) is 0 Å². The number of furan rings is 1. The van der Waals surface area contributed by atoms with Crippen LogP contribution < -0.4 is 5.32 Å². The molecule has 0 aromatic carbocycles. The second kappa shape index (κ2) is 5.57. The SMILES string of the molecule is CCc1oc(C(=O)N(C)C2CCNCC2)cc1C. The summed E-state index contributed by atoms with van der Waals surface area (Å²) in [6, 6.07) is 2.19. The predicted molar refractivity (Wildman–Crippen MR) is 70.8 cm³/mol. The Morgan fingerprint density at radius 2 is 2.17 bits per heavy atom. The van der Waals surface area contributed by atoms with E-state index >= 15 is 0 Å². The van der Waals surface area contributed by atoms with Gasteiger partial charge in [0, 0.05) is 19.5 Å². The van der Waals surface area contributed by atoms with E-state index < -0.39 is 0 Å². The smallest absolute Gasteiger partial charge is 0.289 e. The minimum Gasteiger partial charge on any atom is -0.456 e. The molecule has 0 saturated carbocycles. The van der Waals surface area contributed by atoms with Crippen LogP contribution in [0.25, 0.3) is 0 Å². The Morgan fingerprint density at radius 3 is 2.72 bits per heavy atom. The first-order valence-electron chi connectivity index (χ1n) is 6.70. The van der Waals surface area contributed by atoms with E-state index in [4.69, 9.17) is 4.42 Å². The van der Waals surface area contributed by atoms with Crippen molar-refractivity contribution in [3.8, 4) is 0 Å². The van der Waals surface area contributed by atoms with Crippen molar-refractivity contribution < 1.29 is 9.21 Å². The summed E-state index contributed by atoms with van der Waals surface area (Å²) in [5.41, 5.74) is 1.07. The minimum atomic E-state index is 0.00435. The molecule has 1 amide bonds. The van der Waals surface area contributed by atoms with Crippen LogP contribution in [0.15, 0.2) is 10.5 Å². The summed E-state index contributed by atoms with van der Waals surface area (Å²) in [6.07, 6.45) is 2.86. The van der Waals surface area contributed by atoms with Crippen LogP contribution in [-0.4, -0.2) is 37.0 Å². The predicted octanol–water partition coefficient (Wildman–Crippen LogP) is 1.97. The van der Waals surface area contributed by atoms with Gasteiger partial charge in [0.1, 0.15) is 5.76 Å². The van der Waals surface area contributed by atoms with Gasteiger partial charge in [-0.2, -0.15) is 0 Å². The van der Waals surface area contributed by atoms with Gasteiger partial charge in [-0.25, -0.2) is 0 Å². The Balaban J connectivity index is 2.09. The summed E-state index contributed by atoms with van der Waals surface area (Å²) in [6.45, 7) is 6.00. The molecule has 0 radical (unpaired) electrons. The number of carbonyl (C=O) groups excluding carboxylic acids is 1. The summed E-state index contributed by atoms with van der Waals surface area (Å²) in [4.78, 5) is 14.2. The topological polar surface area (TPSA) is 45.5 Å². The molecule has 2 rings (SSSR count). The van der Waals surface area contributed by atoms with Crippen LogP contribution >= 0.6 is 0 Å². The van der Waals surface area contributed by atoms with Crippen molar-refractivity contribution in [3.05, 3.63) is 23.2 Å². The van der Waals surface area contributed by atoms with E-state index in [-0.39, 0.29) is 5.91 Å². The molecule has 1 aromatic heterocycles. The normalized spacial score (nSPS) is 16.8. The molecule has 0 bridgehead atoms. The zero-order valence-electron chi connectivity index (χ0n) is 11.5. The Bertz CT molecular complexity index is 419. The third kappa shape index (κ3) is 2.58. The fourth-order valence-corrected chi connectivity index (χ4v) is 2.51. The lowest BCUT2D eigenvalue weighted by molar-refractivity contribution is 0.0669. The molecular formula is C14H22N2O2. The Labute approximate surface area is 108 Å². The molecule has 1 fully saturated rings. The van der Waals surface area contributed by atoms with Crippen LogP contribution in [0.3, 0.4) is 0 Å². The Kier molecular flexibility index (Phi) is 4.07. The van der Waals surface area contributed by atoms with Crippen molar-refractivity contribution in [2.45, 2.75) is 39.2 Å². The van der Waals surface area contributed by atoms with Crippen molar-refractivity contribution in [2.24, 2.45) is 0 Å². The molecule has 4 nitrogen and oxygen atoms in total. The van der Waals surface area contributed by atoms with E-state index in [0.717, 1.165) is 43.7 Å². The fraction of sp³-hybridized carbons (Fsp3) is 0.643. The van der Waals surface area contributed by atoms with E-state index in [9.17, 15) is 4.79 Å². The Hall–Kier alpha value is -1.29. The number of hydrogen-bond acceptors (Lipinski definition) is 3. The standard InChI is InChI=1S/C14H22N2O2/c1-4-12-10(2)9-13(18-12)14(17)16(3)11-5-7-15-8-6-11/h9,11,15H,4-8H2,1-3H3. The van der Waals surface area contributed by atoms with Crippen LogP contribution in [-0.2, 0) is 6.42 Å². The number of rotatable bonds is 3. The van der Waals surface area contributed by atoms with Gasteiger partial charge in [0.05, 0.1) is 0 Å². The van der Waals surface area contributed by atoms with Crippen molar-refractivity contribution in [1.29, 1.82) is 0 Å². The first-order chi connectivity index (χ1) is 8.63. The molecule has 100 valence electrons. The summed E-state index contributed by atoms with van der Waals surface area (Å²) < 4.78 is 5.63. The lowest BCUT2D eigenvalue weighted by atomic mass is 10.1. The molecule has 0 aliphatic carbocycles. The van der Waals surface area contributed by atoms with Crippen molar-refractivity contribution >= 4 is 5.91 Å². The van der Waals surface area contributed by atoms with Gasteiger partial charge in [-0.3, -0.25) is 4.79 Å². The first kappa shape index (κ1) is 13.1. The van der Waals surface area contributed by atoms with Gasteiger partial charge >= 0.3 is 0 Å². The molecule has 1 aliphatic heterocycles. The van der Waals surface area contributed by atoms with Gasteiger partial charge in [-0.05, 0) is 44.5 Å². The molecule has 2 heterocycles. The van der Waals surface area contributed by atoms with Gasteiger partial charge in [0.15, 0.2) is 5.76 Å². The molecule has 0 atom stereocenters. The zero-order valence-corrected chi connectivity index (χ0v) is 11.5. The van der Waals surface area contributed by atoms with Gasteiger partial charge in [-0.1, -0.05) is 6.92 Å². The van der Waals surface area contributed by atoms with Gasteiger partial charge < -0.3 is 14.6 Å². The monoisotopic (exact) mass is 250 g/mol. The molecule has 1 aromatic rings. The number of nitrogens with one attached hydrogen (secondary N) is 1. The summed E-state index contributed by atoms with van der Waals surface area (Å²) >= 11 is 0. The second-order valence-corrected chi connectivity index (χ2v) is 4.97. The van der Waals surface area contributed by atoms with Crippen molar-refractivity contribution in [2.75, 3.05) is 20.1 Å². The number of nitrogens with zero attached hydrogens (tertiary/aromatic N) is 1. The molecule has 1 aliphatic rings. The number of aryl methyl sites for hydroxylation is 2. The number of amides is 1. The third-order valence-electron chi connectivity index (χ3n) is 3.73. The second-order valence-electron chi connectivity index (χ2n) is 4.97. The number of piperidine rings is 1. The molecule has 1 saturated heterocycles. The summed E-state index contributed by atoms with van der Waals surface area (Å²) in [7, 11) is 1.88. The maximum atomic E-state index is 12.3. The molecule has 0 spiro atoms. The fourth-order valence-electron chi connectivity index (χ4n) is 2.51. The molecular weight excluding hydrogens is 228 g/mol. The molecule has 1 N–H and O–H groups in total. The average Bonchev–Trinajstić information content (AvgIpc) is 2.79. The lowest BCUT2D eigenvalue weighted by Gasteiger charge is -2.31. The molecule has 4 heteroatoms. The highest BCUT2D eigenvalue weighted by Gasteiger charge is 2.25. The number of carbonyl (C=O) groups is 1. The highest BCUT2D eigenvalue weighted by Crippen LogP contribution is 2.19. The lowest BCUT2D eigenvalue weighted by Crippen LogP contribution is -2.43. The maximum Gasteiger partial charge on any atom is 0.289 e. The van der Waals surface area contributed by atoms with E-state index in [1.807, 2.05) is 31.9 Å². The molecule has 18 heavy (non-hydrogen) atoms. The quantitative estimate of drug-likeness (QED) is 0.892. The highest BCUT2D eigenvalue weighted by molar-refractivity contribution is 5.91. The zero-order chi connectivity index (χ0) is 13.1. The first-order valence-corrected chi connectivity index (χ1v) is 6.70. The van der Waals surface area contributed by atoms with Gasteiger partial charge in [0.25, 0.3) is 5.91 Å². The minimum absolute atomic E-state index is 0.00435. The van der Waals surface area contributed by atoms with Crippen LogP contribution in [0.4, 0.5) is 0 Å². The maximum absolute atomic E-state index is 12.3. The van der Waals surface area contributed by atoms with E-state index in [0.29, 0.717) is 11.8 Å².